The Hall–Kier alpha value is -2.16. The quantitative estimate of drug-likeness (QED) is 0.505. The first-order chi connectivity index (χ1) is 12.2. The lowest BCUT2D eigenvalue weighted by Crippen LogP contribution is -2.52. The van der Waals surface area contributed by atoms with E-state index in [9.17, 15) is 19.2 Å². The van der Waals surface area contributed by atoms with Gasteiger partial charge in [0.1, 0.15) is 0 Å². The number of nitrogens with zero attached hydrogens (tertiary/aromatic N) is 1. The molecule has 0 amide bonds. The molecular formula is C17H25NO8. The molecule has 2 rings (SSSR count). The Labute approximate surface area is 151 Å². The molecule has 2 heterocycles. The molecule has 9 heteroatoms. The first kappa shape index (κ1) is 20.2. The standard InChI is InChI=1S/C17H25NO8/c1-9(19)23-14-8-18-7-5-6-13(18)15(24-10(2)20)17(26-12(4)22)16(14)25-11(3)21/h13-17H,5-8H2,1-4H3/t13-,14-,15-,16+,17+/m0/s1. The Bertz CT molecular complexity index is 577. The second kappa shape index (κ2) is 8.48. The van der Waals surface area contributed by atoms with Crippen molar-refractivity contribution in [2.75, 3.05) is 13.1 Å². The summed E-state index contributed by atoms with van der Waals surface area (Å²) in [5, 5.41) is 0. The van der Waals surface area contributed by atoms with Crippen LogP contribution in [-0.4, -0.2) is 72.3 Å². The lowest BCUT2D eigenvalue weighted by atomic mass is 9.98. The van der Waals surface area contributed by atoms with Crippen molar-refractivity contribution in [1.29, 1.82) is 0 Å². The van der Waals surface area contributed by atoms with Gasteiger partial charge in [0.15, 0.2) is 24.4 Å². The molecule has 0 saturated carbocycles. The van der Waals surface area contributed by atoms with Crippen molar-refractivity contribution < 1.29 is 38.1 Å². The van der Waals surface area contributed by atoms with Crippen LogP contribution in [0.25, 0.3) is 0 Å². The first-order valence-electron chi connectivity index (χ1n) is 8.62. The van der Waals surface area contributed by atoms with Crippen LogP contribution < -0.4 is 0 Å². The minimum Gasteiger partial charge on any atom is -0.457 e. The third-order valence-electron chi connectivity index (χ3n) is 4.45. The predicted octanol–water partition coefficient (Wildman–Crippen LogP) is 0.191. The van der Waals surface area contributed by atoms with E-state index in [4.69, 9.17) is 18.9 Å². The molecule has 2 fully saturated rings. The average Bonchev–Trinajstić information content (AvgIpc) is 2.91. The van der Waals surface area contributed by atoms with Crippen LogP contribution in [0.1, 0.15) is 40.5 Å². The SMILES string of the molecule is CC(=O)O[C@@H]1[C@@H](OC(C)=O)[C@@H]2CCCN2C[C@H](OC(C)=O)[C@H]1OC(C)=O. The molecule has 146 valence electrons. The number of carbonyl (C=O) groups excluding carboxylic acids is 4. The third-order valence-corrected chi connectivity index (χ3v) is 4.45. The van der Waals surface area contributed by atoms with Gasteiger partial charge in [-0.2, -0.15) is 0 Å². The normalized spacial score (nSPS) is 31.3. The van der Waals surface area contributed by atoms with E-state index in [1.807, 2.05) is 4.90 Å². The molecule has 26 heavy (non-hydrogen) atoms. The van der Waals surface area contributed by atoms with E-state index < -0.39 is 48.3 Å². The van der Waals surface area contributed by atoms with Crippen LogP contribution in [0.3, 0.4) is 0 Å². The second-order valence-corrected chi connectivity index (χ2v) is 6.57. The highest BCUT2D eigenvalue weighted by molar-refractivity contribution is 5.69. The Balaban J connectivity index is 2.46. The van der Waals surface area contributed by atoms with Gasteiger partial charge in [0, 0.05) is 34.2 Å². The zero-order valence-corrected chi connectivity index (χ0v) is 15.4. The molecule has 0 aromatic heterocycles. The molecule has 2 aliphatic heterocycles. The molecule has 5 atom stereocenters. The smallest absolute Gasteiger partial charge is 0.303 e. The summed E-state index contributed by atoms with van der Waals surface area (Å²) in [5.74, 6) is -2.31. The second-order valence-electron chi connectivity index (χ2n) is 6.57. The van der Waals surface area contributed by atoms with Gasteiger partial charge < -0.3 is 18.9 Å². The van der Waals surface area contributed by atoms with E-state index in [0.717, 1.165) is 12.8 Å². The molecule has 0 aromatic carbocycles. The molecule has 0 radical (unpaired) electrons. The van der Waals surface area contributed by atoms with Crippen LogP contribution in [0, 0.1) is 0 Å². The predicted molar refractivity (Wildman–Crippen MR) is 86.8 cm³/mol. The Morgan fingerprint density at radius 3 is 1.77 bits per heavy atom. The number of esters is 4. The zero-order chi connectivity index (χ0) is 19.4. The average molecular weight is 371 g/mol. The lowest BCUT2D eigenvalue weighted by molar-refractivity contribution is -0.195. The minimum absolute atomic E-state index is 0.220. The van der Waals surface area contributed by atoms with Crippen molar-refractivity contribution in [2.24, 2.45) is 0 Å². The topological polar surface area (TPSA) is 108 Å². The number of fused-ring (bicyclic) bond motifs is 1. The van der Waals surface area contributed by atoms with Gasteiger partial charge in [0.25, 0.3) is 0 Å². The monoisotopic (exact) mass is 371 g/mol. The van der Waals surface area contributed by atoms with Gasteiger partial charge >= 0.3 is 23.9 Å². The Morgan fingerprint density at radius 1 is 0.731 bits per heavy atom. The van der Waals surface area contributed by atoms with Crippen molar-refractivity contribution in [3.8, 4) is 0 Å². The van der Waals surface area contributed by atoms with Gasteiger partial charge in [-0.3, -0.25) is 24.1 Å². The largest absolute Gasteiger partial charge is 0.457 e. The summed E-state index contributed by atoms with van der Waals surface area (Å²) in [4.78, 5) is 48.6. The van der Waals surface area contributed by atoms with E-state index in [-0.39, 0.29) is 12.6 Å². The Morgan fingerprint density at radius 2 is 1.23 bits per heavy atom. The van der Waals surface area contributed by atoms with Crippen LogP contribution in [0.4, 0.5) is 0 Å². The first-order valence-corrected chi connectivity index (χ1v) is 8.62. The van der Waals surface area contributed by atoms with Gasteiger partial charge in [0.2, 0.25) is 0 Å². The summed E-state index contributed by atoms with van der Waals surface area (Å²) in [7, 11) is 0. The third kappa shape index (κ3) is 4.94. The highest BCUT2D eigenvalue weighted by atomic mass is 16.6. The molecule has 0 unspecified atom stereocenters. The van der Waals surface area contributed by atoms with Crippen molar-refractivity contribution in [3.05, 3.63) is 0 Å². The van der Waals surface area contributed by atoms with Crippen LogP contribution in [-0.2, 0) is 38.1 Å². The summed E-state index contributed by atoms with van der Waals surface area (Å²) >= 11 is 0. The van der Waals surface area contributed by atoms with Gasteiger partial charge in [-0.25, -0.2) is 0 Å². The van der Waals surface area contributed by atoms with Gasteiger partial charge in [0.05, 0.1) is 6.04 Å². The number of hydrogen-bond donors (Lipinski definition) is 0. The zero-order valence-electron chi connectivity index (χ0n) is 15.4. The van der Waals surface area contributed by atoms with Crippen LogP contribution in [0.15, 0.2) is 0 Å². The van der Waals surface area contributed by atoms with E-state index >= 15 is 0 Å². The molecule has 2 aliphatic rings. The van der Waals surface area contributed by atoms with E-state index in [1.165, 1.54) is 27.7 Å². The molecule has 9 nitrogen and oxygen atoms in total. The van der Waals surface area contributed by atoms with Gasteiger partial charge in [-0.1, -0.05) is 0 Å². The van der Waals surface area contributed by atoms with E-state index in [1.54, 1.807) is 0 Å². The number of ether oxygens (including phenoxy) is 4. The summed E-state index contributed by atoms with van der Waals surface area (Å²) in [6.07, 6.45) is -2.24. The number of hydrogen-bond acceptors (Lipinski definition) is 9. The lowest BCUT2D eigenvalue weighted by Gasteiger charge is -2.34. The molecular weight excluding hydrogens is 346 g/mol. The number of rotatable bonds is 4. The van der Waals surface area contributed by atoms with E-state index in [0.29, 0.717) is 6.54 Å². The van der Waals surface area contributed by atoms with Crippen molar-refractivity contribution in [1.82, 2.24) is 4.90 Å². The fourth-order valence-electron chi connectivity index (χ4n) is 3.72. The van der Waals surface area contributed by atoms with Crippen LogP contribution in [0.5, 0.6) is 0 Å². The molecule has 2 saturated heterocycles. The van der Waals surface area contributed by atoms with Crippen LogP contribution >= 0.6 is 0 Å². The fraction of sp³-hybridized carbons (Fsp3) is 0.765. The summed E-state index contributed by atoms with van der Waals surface area (Å²) in [6, 6.07) is -0.220. The maximum absolute atomic E-state index is 11.7. The molecule has 0 N–H and O–H groups in total. The molecule has 0 bridgehead atoms. The van der Waals surface area contributed by atoms with Crippen molar-refractivity contribution in [2.45, 2.75) is 71.0 Å². The number of carbonyl (C=O) groups is 4. The van der Waals surface area contributed by atoms with E-state index in [2.05, 4.69) is 0 Å². The fourth-order valence-corrected chi connectivity index (χ4v) is 3.72. The summed E-state index contributed by atoms with van der Waals surface area (Å²) < 4.78 is 21.6. The molecule has 0 aromatic rings. The van der Waals surface area contributed by atoms with Crippen molar-refractivity contribution >= 4 is 23.9 Å². The van der Waals surface area contributed by atoms with Crippen molar-refractivity contribution in [3.63, 3.8) is 0 Å². The molecule has 0 spiro atoms. The summed E-state index contributed by atoms with van der Waals surface area (Å²) in [6.45, 7) is 5.94. The van der Waals surface area contributed by atoms with Gasteiger partial charge in [-0.05, 0) is 19.4 Å². The van der Waals surface area contributed by atoms with Gasteiger partial charge in [-0.15, -0.1) is 0 Å². The minimum atomic E-state index is -1.07. The van der Waals surface area contributed by atoms with Crippen LogP contribution in [0.2, 0.25) is 0 Å². The maximum atomic E-state index is 11.7. The highest BCUT2D eigenvalue weighted by Gasteiger charge is 2.52. The molecule has 0 aliphatic carbocycles. The maximum Gasteiger partial charge on any atom is 0.303 e. The Kier molecular flexibility index (Phi) is 6.57. The summed E-state index contributed by atoms with van der Waals surface area (Å²) in [5.41, 5.74) is 0. The highest BCUT2D eigenvalue weighted by Crippen LogP contribution is 2.33.